The molecule has 0 radical (unpaired) electrons. The number of alkyl halides is 3. The molecule has 2 rings (SSSR count). The molecule has 0 bridgehead atoms. The zero-order chi connectivity index (χ0) is 18.4. The lowest BCUT2D eigenvalue weighted by Crippen LogP contribution is -2.36. The lowest BCUT2D eigenvalue weighted by atomic mass is 10.2. The number of carbonyl (C=O) groups is 2. The second-order valence-corrected chi connectivity index (χ2v) is 5.52. The van der Waals surface area contributed by atoms with Crippen molar-refractivity contribution in [2.75, 3.05) is 18.5 Å². The summed E-state index contributed by atoms with van der Waals surface area (Å²) in [6.45, 7) is 2.82. The quantitative estimate of drug-likeness (QED) is 0.796. The van der Waals surface area contributed by atoms with Gasteiger partial charge >= 0.3 is 6.18 Å². The molecule has 1 aromatic carbocycles. The van der Waals surface area contributed by atoms with Gasteiger partial charge in [-0.15, -0.1) is 0 Å². The molecule has 0 saturated carbocycles. The highest BCUT2D eigenvalue weighted by Gasteiger charge is 2.37. The van der Waals surface area contributed by atoms with Crippen LogP contribution in [0.1, 0.15) is 19.8 Å². The van der Waals surface area contributed by atoms with Crippen LogP contribution >= 0.6 is 0 Å². The van der Waals surface area contributed by atoms with E-state index in [4.69, 9.17) is 4.74 Å². The van der Waals surface area contributed by atoms with Crippen molar-refractivity contribution >= 4 is 17.4 Å². The number of hydrogen-bond donors (Lipinski definition) is 1. The number of halogens is 3. The molecule has 1 aliphatic heterocycles. The number of carbonyl (C=O) groups excluding carboxylic acids is 2. The van der Waals surface area contributed by atoms with Gasteiger partial charge in [0.15, 0.2) is 0 Å². The van der Waals surface area contributed by atoms with E-state index in [0.717, 1.165) is 6.20 Å². The first-order valence-corrected chi connectivity index (χ1v) is 7.90. The first-order valence-electron chi connectivity index (χ1n) is 7.90. The van der Waals surface area contributed by atoms with Gasteiger partial charge in [-0.3, -0.25) is 9.59 Å². The number of allylic oxidation sites excluding steroid dienone is 1. The third-order valence-corrected chi connectivity index (χ3v) is 3.73. The van der Waals surface area contributed by atoms with Gasteiger partial charge in [0.1, 0.15) is 11.8 Å². The fourth-order valence-corrected chi connectivity index (χ4v) is 2.53. The van der Waals surface area contributed by atoms with Gasteiger partial charge in [-0.1, -0.05) is 0 Å². The second kappa shape index (κ2) is 8.04. The minimum absolute atomic E-state index is 0.328. The molecule has 0 aliphatic carbocycles. The van der Waals surface area contributed by atoms with Crippen molar-refractivity contribution < 1.29 is 27.5 Å². The first kappa shape index (κ1) is 18.8. The molecule has 1 unspecified atom stereocenters. The molecule has 1 aromatic rings. The number of likely N-dealkylation sites (tertiary alicyclic amines) is 1. The maximum atomic E-state index is 12.4. The van der Waals surface area contributed by atoms with Crippen LogP contribution in [0.15, 0.2) is 36.5 Å². The van der Waals surface area contributed by atoms with E-state index in [0.29, 0.717) is 43.5 Å². The Balaban J connectivity index is 1.98. The number of anilines is 1. The van der Waals surface area contributed by atoms with Gasteiger partial charge in [0.2, 0.25) is 5.91 Å². The van der Waals surface area contributed by atoms with Crippen molar-refractivity contribution in [3.63, 3.8) is 0 Å². The standard InChI is InChI=1S/C17H19F3N2O3/c1-2-25-13-7-5-12(6-8-13)21-16(24)14-4-3-10-22(14)11-9-15(23)17(18,19)20/h5-9,11,14H,2-4,10H2,1H3,(H,21,24)/b11-9+. The Hall–Kier alpha value is -2.51. The van der Waals surface area contributed by atoms with E-state index >= 15 is 0 Å². The molecule has 1 heterocycles. The highest BCUT2D eigenvalue weighted by molar-refractivity contribution is 5.96. The topological polar surface area (TPSA) is 58.6 Å². The minimum Gasteiger partial charge on any atom is -0.494 e. The summed E-state index contributed by atoms with van der Waals surface area (Å²) in [6.07, 6.45) is -2.23. The Morgan fingerprint density at radius 2 is 2.00 bits per heavy atom. The van der Waals surface area contributed by atoms with Crippen molar-refractivity contribution in [1.82, 2.24) is 4.90 Å². The normalized spacial score (nSPS) is 17.8. The van der Waals surface area contributed by atoms with Crippen LogP contribution in [0.5, 0.6) is 5.75 Å². The van der Waals surface area contributed by atoms with Crippen molar-refractivity contribution in [2.45, 2.75) is 32.0 Å². The van der Waals surface area contributed by atoms with Gasteiger partial charge in [0, 0.05) is 24.5 Å². The highest BCUT2D eigenvalue weighted by Crippen LogP contribution is 2.22. The number of ether oxygens (including phenoxy) is 1. The molecule has 1 amide bonds. The summed E-state index contributed by atoms with van der Waals surface area (Å²) in [6, 6.07) is 6.20. The molecule has 1 N–H and O–H groups in total. The summed E-state index contributed by atoms with van der Waals surface area (Å²) in [5.41, 5.74) is 0.565. The zero-order valence-corrected chi connectivity index (χ0v) is 13.7. The van der Waals surface area contributed by atoms with Crippen molar-refractivity contribution in [1.29, 1.82) is 0 Å². The fraction of sp³-hybridized carbons (Fsp3) is 0.412. The summed E-state index contributed by atoms with van der Waals surface area (Å²) in [4.78, 5) is 24.7. The average molecular weight is 356 g/mol. The zero-order valence-electron chi connectivity index (χ0n) is 13.7. The Labute approximate surface area is 143 Å². The monoisotopic (exact) mass is 356 g/mol. The minimum atomic E-state index is -4.91. The molecular weight excluding hydrogens is 337 g/mol. The lowest BCUT2D eigenvalue weighted by molar-refractivity contribution is -0.165. The fourth-order valence-electron chi connectivity index (χ4n) is 2.53. The van der Waals surface area contributed by atoms with E-state index in [-0.39, 0.29) is 5.91 Å². The maximum absolute atomic E-state index is 12.4. The second-order valence-electron chi connectivity index (χ2n) is 5.52. The number of hydrogen-bond acceptors (Lipinski definition) is 4. The molecule has 0 spiro atoms. The van der Waals surface area contributed by atoms with Crippen LogP contribution < -0.4 is 10.1 Å². The van der Waals surface area contributed by atoms with Gasteiger partial charge in [-0.25, -0.2) is 0 Å². The number of rotatable bonds is 6. The first-order chi connectivity index (χ1) is 11.8. The van der Waals surface area contributed by atoms with Crippen LogP contribution in [0.4, 0.5) is 18.9 Å². The summed E-state index contributed by atoms with van der Waals surface area (Å²) in [5, 5.41) is 2.72. The van der Waals surface area contributed by atoms with Crippen molar-refractivity contribution in [3.8, 4) is 5.75 Å². The number of nitrogens with zero attached hydrogens (tertiary/aromatic N) is 1. The van der Waals surface area contributed by atoms with Crippen LogP contribution in [-0.4, -0.2) is 42.0 Å². The van der Waals surface area contributed by atoms with Crippen LogP contribution in [0.3, 0.4) is 0 Å². The van der Waals surface area contributed by atoms with Gasteiger partial charge < -0.3 is 15.0 Å². The average Bonchev–Trinajstić information content (AvgIpc) is 3.02. The van der Waals surface area contributed by atoms with Gasteiger partial charge in [0.05, 0.1) is 6.61 Å². The van der Waals surface area contributed by atoms with E-state index in [9.17, 15) is 22.8 Å². The number of benzene rings is 1. The molecule has 1 saturated heterocycles. The lowest BCUT2D eigenvalue weighted by Gasteiger charge is -2.22. The summed E-state index contributed by atoms with van der Waals surface area (Å²) < 4.78 is 42.0. The smallest absolute Gasteiger partial charge is 0.454 e. The molecule has 5 nitrogen and oxygen atoms in total. The predicted molar refractivity (Wildman–Crippen MR) is 86.2 cm³/mol. The summed E-state index contributed by atoms with van der Waals surface area (Å²) >= 11 is 0. The molecule has 1 atom stereocenters. The van der Waals surface area contributed by atoms with Crippen molar-refractivity contribution in [3.05, 3.63) is 36.5 Å². The van der Waals surface area contributed by atoms with Gasteiger partial charge in [0.25, 0.3) is 5.78 Å². The SMILES string of the molecule is CCOc1ccc(NC(=O)C2CCCN2/C=C/C(=O)C(F)(F)F)cc1. The van der Waals surface area contributed by atoms with E-state index in [1.54, 1.807) is 24.3 Å². The summed E-state index contributed by atoms with van der Waals surface area (Å²) in [5.74, 6) is -1.59. The third-order valence-electron chi connectivity index (χ3n) is 3.73. The number of amides is 1. The van der Waals surface area contributed by atoms with Crippen LogP contribution in [0, 0.1) is 0 Å². The Morgan fingerprint density at radius 1 is 1.32 bits per heavy atom. The molecule has 25 heavy (non-hydrogen) atoms. The third kappa shape index (κ3) is 5.23. The predicted octanol–water partition coefficient (Wildman–Crippen LogP) is 3.13. The Kier molecular flexibility index (Phi) is 6.06. The molecule has 8 heteroatoms. The van der Waals surface area contributed by atoms with Crippen LogP contribution in [0.2, 0.25) is 0 Å². The molecule has 136 valence electrons. The summed E-state index contributed by atoms with van der Waals surface area (Å²) in [7, 11) is 0. The molecular formula is C17H19F3N2O3. The number of nitrogens with one attached hydrogen (secondary N) is 1. The van der Waals surface area contributed by atoms with E-state index in [1.807, 2.05) is 6.92 Å². The number of ketones is 1. The Morgan fingerprint density at radius 3 is 2.60 bits per heavy atom. The van der Waals surface area contributed by atoms with Crippen LogP contribution in [-0.2, 0) is 9.59 Å². The van der Waals surface area contributed by atoms with E-state index in [2.05, 4.69) is 5.32 Å². The van der Waals surface area contributed by atoms with Crippen molar-refractivity contribution in [2.24, 2.45) is 0 Å². The molecule has 0 aromatic heterocycles. The molecule has 1 fully saturated rings. The largest absolute Gasteiger partial charge is 0.494 e. The van der Waals surface area contributed by atoms with E-state index in [1.165, 1.54) is 4.90 Å². The van der Waals surface area contributed by atoms with Crippen LogP contribution in [0.25, 0.3) is 0 Å². The highest BCUT2D eigenvalue weighted by atomic mass is 19.4. The van der Waals surface area contributed by atoms with Gasteiger partial charge in [-0.2, -0.15) is 13.2 Å². The maximum Gasteiger partial charge on any atom is 0.454 e. The van der Waals surface area contributed by atoms with Gasteiger partial charge in [-0.05, 0) is 44.0 Å². The molecule has 1 aliphatic rings. The Bertz CT molecular complexity index is 642. The van der Waals surface area contributed by atoms with E-state index < -0.39 is 18.0 Å².